The van der Waals surface area contributed by atoms with Gasteiger partial charge in [0.15, 0.2) is 6.29 Å². The van der Waals surface area contributed by atoms with Crippen molar-refractivity contribution in [1.29, 1.82) is 0 Å². The van der Waals surface area contributed by atoms with Crippen LogP contribution in [0, 0.1) is 5.92 Å². The van der Waals surface area contributed by atoms with Gasteiger partial charge in [-0.05, 0) is 31.4 Å². The van der Waals surface area contributed by atoms with Crippen molar-refractivity contribution in [3.05, 3.63) is 30.3 Å². The van der Waals surface area contributed by atoms with Gasteiger partial charge in [-0.2, -0.15) is 0 Å². The van der Waals surface area contributed by atoms with E-state index >= 15 is 0 Å². The van der Waals surface area contributed by atoms with Crippen LogP contribution in [-0.4, -0.2) is 36.8 Å². The summed E-state index contributed by atoms with van der Waals surface area (Å²) in [6.07, 6.45) is 2.28. The normalized spacial score (nSPS) is 32.4. The number of aliphatic hydroxyl groups is 1. The number of ether oxygens (including phenoxy) is 2. The first-order valence-corrected chi connectivity index (χ1v) is 7.06. The fraction of sp³-hybridized carbons (Fsp3) is 0.600. The Bertz CT molecular complexity index is 392. The van der Waals surface area contributed by atoms with Crippen molar-refractivity contribution < 1.29 is 14.6 Å². The Morgan fingerprint density at radius 1 is 1.05 bits per heavy atom. The lowest BCUT2D eigenvalue weighted by Crippen LogP contribution is -2.42. The molecule has 0 bridgehead atoms. The van der Waals surface area contributed by atoms with Crippen LogP contribution in [-0.2, 0) is 9.47 Å². The fourth-order valence-electron chi connectivity index (χ4n) is 2.99. The van der Waals surface area contributed by atoms with E-state index in [4.69, 9.17) is 9.47 Å². The largest absolute Gasteiger partial charge is 0.391 e. The highest BCUT2D eigenvalue weighted by Crippen LogP contribution is 2.32. The van der Waals surface area contributed by atoms with E-state index in [9.17, 15) is 5.11 Å². The summed E-state index contributed by atoms with van der Waals surface area (Å²) in [6.45, 7) is 1.37. The quantitative estimate of drug-likeness (QED) is 0.876. The fourth-order valence-corrected chi connectivity index (χ4v) is 2.99. The molecule has 1 aromatic rings. The summed E-state index contributed by atoms with van der Waals surface area (Å²) in [5.74, 6) is 0.325. The molecule has 4 nitrogen and oxygen atoms in total. The van der Waals surface area contributed by atoms with E-state index in [0.717, 1.165) is 24.9 Å². The number of hydrogen-bond acceptors (Lipinski definition) is 4. The van der Waals surface area contributed by atoms with Gasteiger partial charge < -0.3 is 19.9 Å². The molecule has 1 saturated heterocycles. The third-order valence-corrected chi connectivity index (χ3v) is 4.02. The van der Waals surface area contributed by atoms with Crippen LogP contribution < -0.4 is 5.32 Å². The molecule has 0 radical (unpaired) electrons. The average Bonchev–Trinajstić information content (AvgIpc) is 2.96. The molecule has 3 unspecified atom stereocenters. The van der Waals surface area contributed by atoms with Crippen LogP contribution in [0.2, 0.25) is 0 Å². The topological polar surface area (TPSA) is 50.7 Å². The summed E-state index contributed by atoms with van der Waals surface area (Å²) in [7, 11) is 0. The number of para-hydroxylation sites is 1. The van der Waals surface area contributed by atoms with E-state index in [2.05, 4.69) is 5.32 Å². The molecular formula is C15H21NO3. The zero-order valence-electron chi connectivity index (χ0n) is 11.0. The van der Waals surface area contributed by atoms with E-state index in [0.29, 0.717) is 19.1 Å². The minimum absolute atomic E-state index is 0.104. The number of anilines is 1. The van der Waals surface area contributed by atoms with Gasteiger partial charge in [0.05, 0.1) is 25.4 Å². The van der Waals surface area contributed by atoms with Crippen LogP contribution in [0.25, 0.3) is 0 Å². The molecule has 1 aromatic carbocycles. The van der Waals surface area contributed by atoms with Crippen LogP contribution in [0.15, 0.2) is 30.3 Å². The summed E-state index contributed by atoms with van der Waals surface area (Å²) in [6, 6.07) is 10.2. The lowest BCUT2D eigenvalue weighted by atomic mass is 9.83. The third-order valence-electron chi connectivity index (χ3n) is 4.02. The Labute approximate surface area is 113 Å². The molecule has 0 spiro atoms. The Morgan fingerprint density at radius 2 is 1.79 bits per heavy atom. The SMILES string of the molecule is OC1CC(C2OCCO2)CCC1Nc1ccccc1. The lowest BCUT2D eigenvalue weighted by Gasteiger charge is -2.35. The lowest BCUT2D eigenvalue weighted by molar-refractivity contribution is -0.105. The van der Waals surface area contributed by atoms with Gasteiger partial charge >= 0.3 is 0 Å². The molecule has 2 N–H and O–H groups in total. The monoisotopic (exact) mass is 263 g/mol. The molecule has 2 aliphatic rings. The first-order chi connectivity index (χ1) is 9.33. The average molecular weight is 263 g/mol. The number of nitrogens with one attached hydrogen (secondary N) is 1. The molecule has 2 fully saturated rings. The van der Waals surface area contributed by atoms with Gasteiger partial charge in [-0.3, -0.25) is 0 Å². The molecule has 1 aliphatic carbocycles. The van der Waals surface area contributed by atoms with Crippen LogP contribution in [0.5, 0.6) is 0 Å². The van der Waals surface area contributed by atoms with Crippen molar-refractivity contribution >= 4 is 5.69 Å². The highest BCUT2D eigenvalue weighted by atomic mass is 16.7. The van der Waals surface area contributed by atoms with Crippen LogP contribution in [0.1, 0.15) is 19.3 Å². The molecule has 104 valence electrons. The molecule has 3 rings (SSSR count). The molecule has 0 amide bonds. The smallest absolute Gasteiger partial charge is 0.160 e. The first kappa shape index (κ1) is 12.9. The van der Waals surface area contributed by atoms with Gasteiger partial charge in [-0.25, -0.2) is 0 Å². The predicted molar refractivity (Wildman–Crippen MR) is 72.9 cm³/mol. The Hall–Kier alpha value is -1.10. The highest BCUT2D eigenvalue weighted by molar-refractivity contribution is 5.43. The van der Waals surface area contributed by atoms with E-state index in [1.807, 2.05) is 30.3 Å². The maximum Gasteiger partial charge on any atom is 0.160 e. The van der Waals surface area contributed by atoms with Gasteiger partial charge in [-0.1, -0.05) is 18.2 Å². The van der Waals surface area contributed by atoms with Crippen molar-refractivity contribution in [3.63, 3.8) is 0 Å². The van der Waals surface area contributed by atoms with Crippen molar-refractivity contribution in [3.8, 4) is 0 Å². The van der Waals surface area contributed by atoms with Crippen LogP contribution >= 0.6 is 0 Å². The first-order valence-electron chi connectivity index (χ1n) is 7.06. The maximum absolute atomic E-state index is 10.3. The summed E-state index contributed by atoms with van der Waals surface area (Å²) in [5.41, 5.74) is 1.07. The molecular weight excluding hydrogens is 242 g/mol. The maximum atomic E-state index is 10.3. The number of benzene rings is 1. The molecule has 3 atom stereocenters. The number of aliphatic hydroxyl groups excluding tert-OH is 1. The second-order valence-electron chi connectivity index (χ2n) is 5.37. The standard InChI is InChI=1S/C15H21NO3/c17-14-10-11(15-18-8-9-19-15)6-7-13(14)16-12-4-2-1-3-5-12/h1-5,11,13-17H,6-10H2. The van der Waals surface area contributed by atoms with Crippen molar-refractivity contribution in [2.45, 2.75) is 37.7 Å². The minimum Gasteiger partial charge on any atom is -0.391 e. The van der Waals surface area contributed by atoms with E-state index < -0.39 is 0 Å². The molecule has 1 saturated carbocycles. The zero-order valence-corrected chi connectivity index (χ0v) is 11.0. The van der Waals surface area contributed by atoms with Gasteiger partial charge in [0.2, 0.25) is 0 Å². The van der Waals surface area contributed by atoms with Crippen molar-refractivity contribution in [2.75, 3.05) is 18.5 Å². The second kappa shape index (κ2) is 5.90. The summed E-state index contributed by atoms with van der Waals surface area (Å²) >= 11 is 0. The minimum atomic E-state index is -0.341. The van der Waals surface area contributed by atoms with Crippen molar-refractivity contribution in [2.24, 2.45) is 5.92 Å². The number of hydrogen-bond donors (Lipinski definition) is 2. The summed E-state index contributed by atoms with van der Waals surface area (Å²) in [4.78, 5) is 0. The Kier molecular flexibility index (Phi) is 4.01. The Balaban J connectivity index is 1.55. The summed E-state index contributed by atoms with van der Waals surface area (Å²) in [5, 5.41) is 13.7. The Morgan fingerprint density at radius 3 is 2.47 bits per heavy atom. The van der Waals surface area contributed by atoms with E-state index in [1.54, 1.807) is 0 Å². The van der Waals surface area contributed by atoms with E-state index in [1.165, 1.54) is 0 Å². The van der Waals surface area contributed by atoms with E-state index in [-0.39, 0.29) is 18.4 Å². The molecule has 1 aliphatic heterocycles. The molecule has 4 heteroatoms. The molecule has 0 aromatic heterocycles. The predicted octanol–water partition coefficient (Wildman–Crippen LogP) is 2.00. The highest BCUT2D eigenvalue weighted by Gasteiger charge is 2.35. The van der Waals surface area contributed by atoms with Crippen LogP contribution in [0.4, 0.5) is 5.69 Å². The van der Waals surface area contributed by atoms with Crippen LogP contribution in [0.3, 0.4) is 0 Å². The van der Waals surface area contributed by atoms with Gasteiger partial charge in [0, 0.05) is 11.6 Å². The molecule has 19 heavy (non-hydrogen) atoms. The van der Waals surface area contributed by atoms with Gasteiger partial charge in [0.25, 0.3) is 0 Å². The number of rotatable bonds is 3. The molecule has 1 heterocycles. The second-order valence-corrected chi connectivity index (χ2v) is 5.37. The zero-order chi connectivity index (χ0) is 13.1. The third kappa shape index (κ3) is 3.08. The van der Waals surface area contributed by atoms with Gasteiger partial charge in [-0.15, -0.1) is 0 Å². The van der Waals surface area contributed by atoms with Gasteiger partial charge in [0.1, 0.15) is 0 Å². The van der Waals surface area contributed by atoms with Crippen molar-refractivity contribution in [1.82, 2.24) is 0 Å². The summed E-state index contributed by atoms with van der Waals surface area (Å²) < 4.78 is 11.1.